The molecule has 1 fully saturated rings. The minimum atomic E-state index is -3.84. The van der Waals surface area contributed by atoms with E-state index in [2.05, 4.69) is 6.07 Å². The van der Waals surface area contributed by atoms with Crippen LogP contribution in [0.4, 0.5) is 0 Å². The Labute approximate surface area is 152 Å². The summed E-state index contributed by atoms with van der Waals surface area (Å²) >= 11 is 0. The van der Waals surface area contributed by atoms with Crippen molar-refractivity contribution in [2.45, 2.75) is 17.7 Å². The zero-order valence-corrected chi connectivity index (χ0v) is 14.9. The van der Waals surface area contributed by atoms with Crippen LogP contribution in [0.3, 0.4) is 0 Å². The molecule has 1 heterocycles. The minimum Gasteiger partial charge on any atom is -0.337 e. The quantitative estimate of drug-likeness (QED) is 0.897. The van der Waals surface area contributed by atoms with Gasteiger partial charge in [0.1, 0.15) is 0 Å². The van der Waals surface area contributed by atoms with Crippen LogP contribution in [0.5, 0.6) is 0 Å². The fraction of sp³-hybridized carbons (Fsp3) is 0.263. The van der Waals surface area contributed by atoms with Crippen molar-refractivity contribution in [2.75, 3.05) is 13.1 Å². The van der Waals surface area contributed by atoms with E-state index in [0.29, 0.717) is 29.8 Å². The molecule has 1 atom stereocenters. The van der Waals surface area contributed by atoms with Crippen LogP contribution in [0.15, 0.2) is 53.4 Å². The van der Waals surface area contributed by atoms with Crippen LogP contribution in [0.1, 0.15) is 23.2 Å². The van der Waals surface area contributed by atoms with E-state index in [-0.39, 0.29) is 16.7 Å². The second kappa shape index (κ2) is 7.28. The molecule has 26 heavy (non-hydrogen) atoms. The minimum absolute atomic E-state index is 0.0481. The molecular formula is C19H19N3O3S. The highest BCUT2D eigenvalue weighted by Crippen LogP contribution is 2.27. The first-order valence-electron chi connectivity index (χ1n) is 8.31. The van der Waals surface area contributed by atoms with Crippen LogP contribution in [0.25, 0.3) is 11.1 Å². The maximum Gasteiger partial charge on any atom is 0.253 e. The average Bonchev–Trinajstić information content (AvgIpc) is 2.67. The summed E-state index contributed by atoms with van der Waals surface area (Å²) in [5.74, 6) is -0.232. The average molecular weight is 369 g/mol. The number of nitriles is 1. The first-order chi connectivity index (χ1) is 12.4. The molecule has 0 unspecified atom stereocenters. The van der Waals surface area contributed by atoms with E-state index < -0.39 is 10.0 Å². The van der Waals surface area contributed by atoms with E-state index in [4.69, 9.17) is 10.4 Å². The smallest absolute Gasteiger partial charge is 0.253 e. The maximum atomic E-state index is 12.6. The molecule has 1 saturated heterocycles. The number of amides is 1. The first-order valence-corrected chi connectivity index (χ1v) is 9.86. The van der Waals surface area contributed by atoms with E-state index in [1.54, 1.807) is 47.4 Å². The Kier molecular flexibility index (Phi) is 5.07. The Morgan fingerprint density at radius 3 is 2.50 bits per heavy atom. The van der Waals surface area contributed by atoms with E-state index in [1.165, 1.54) is 6.07 Å². The molecule has 1 aliphatic heterocycles. The number of sulfonamides is 1. The predicted molar refractivity (Wildman–Crippen MR) is 97.5 cm³/mol. The molecule has 0 radical (unpaired) electrons. The van der Waals surface area contributed by atoms with Gasteiger partial charge in [-0.2, -0.15) is 5.26 Å². The second-order valence-electron chi connectivity index (χ2n) is 6.34. The van der Waals surface area contributed by atoms with Gasteiger partial charge in [-0.1, -0.05) is 30.3 Å². The van der Waals surface area contributed by atoms with Crippen LogP contribution in [0.2, 0.25) is 0 Å². The lowest BCUT2D eigenvalue weighted by molar-refractivity contribution is 0.0699. The molecule has 0 spiro atoms. The molecule has 3 rings (SSSR count). The highest BCUT2D eigenvalue weighted by atomic mass is 32.2. The zero-order valence-electron chi connectivity index (χ0n) is 14.1. The number of nitrogens with zero attached hydrogens (tertiary/aromatic N) is 2. The van der Waals surface area contributed by atoms with Gasteiger partial charge in [0, 0.05) is 24.2 Å². The van der Waals surface area contributed by atoms with Gasteiger partial charge in [-0.25, -0.2) is 13.6 Å². The molecule has 0 aliphatic carbocycles. The number of likely N-dealkylation sites (tertiary alicyclic amines) is 1. The van der Waals surface area contributed by atoms with Crippen molar-refractivity contribution in [3.05, 3.63) is 54.1 Å². The van der Waals surface area contributed by atoms with E-state index >= 15 is 0 Å². The number of benzene rings is 2. The fourth-order valence-electron chi connectivity index (χ4n) is 3.20. The molecule has 7 heteroatoms. The van der Waals surface area contributed by atoms with E-state index in [0.717, 1.165) is 12.8 Å². The van der Waals surface area contributed by atoms with E-state index in [1.807, 2.05) is 0 Å². The normalized spacial score (nSPS) is 17.5. The van der Waals surface area contributed by atoms with Gasteiger partial charge in [-0.05, 0) is 36.6 Å². The van der Waals surface area contributed by atoms with Gasteiger partial charge in [0.15, 0.2) is 0 Å². The second-order valence-corrected chi connectivity index (χ2v) is 7.87. The summed E-state index contributed by atoms with van der Waals surface area (Å²) in [6.45, 7) is 1.10. The summed E-state index contributed by atoms with van der Waals surface area (Å²) in [5.41, 5.74) is 1.68. The number of carbonyl (C=O) groups excluding carboxylic acids is 1. The van der Waals surface area contributed by atoms with Gasteiger partial charge in [0.2, 0.25) is 10.0 Å². The van der Waals surface area contributed by atoms with Crippen LogP contribution < -0.4 is 5.14 Å². The molecule has 2 aromatic carbocycles. The van der Waals surface area contributed by atoms with Crippen molar-refractivity contribution in [1.82, 2.24) is 4.90 Å². The third kappa shape index (κ3) is 3.77. The lowest BCUT2D eigenvalue weighted by atomic mass is 9.98. The van der Waals surface area contributed by atoms with Crippen LogP contribution in [-0.2, 0) is 10.0 Å². The number of hydrogen-bond donors (Lipinski definition) is 1. The van der Waals surface area contributed by atoms with Crippen molar-refractivity contribution in [3.63, 3.8) is 0 Å². The molecule has 1 amide bonds. The SMILES string of the molecule is N#C[C@@H]1CCCN(C(=O)c2ccc(-c3ccccc3S(N)(=O)=O)cc2)C1. The Balaban J connectivity index is 1.86. The molecule has 0 aromatic heterocycles. The van der Waals surface area contributed by atoms with Crippen LogP contribution >= 0.6 is 0 Å². The molecule has 6 nitrogen and oxygen atoms in total. The largest absolute Gasteiger partial charge is 0.337 e. The topological polar surface area (TPSA) is 104 Å². The number of piperidine rings is 1. The summed E-state index contributed by atoms with van der Waals surface area (Å²) in [6.07, 6.45) is 1.65. The summed E-state index contributed by atoms with van der Waals surface area (Å²) in [5, 5.41) is 14.3. The van der Waals surface area contributed by atoms with Crippen LogP contribution in [-0.4, -0.2) is 32.3 Å². The number of primary sulfonamides is 1. The molecule has 2 aromatic rings. The lowest BCUT2D eigenvalue weighted by Crippen LogP contribution is -2.39. The van der Waals surface area contributed by atoms with Gasteiger partial charge in [0.25, 0.3) is 5.91 Å². The number of carbonyl (C=O) groups is 1. The number of rotatable bonds is 3. The van der Waals surface area contributed by atoms with Gasteiger partial charge >= 0.3 is 0 Å². The van der Waals surface area contributed by atoms with Crippen molar-refractivity contribution in [3.8, 4) is 17.2 Å². The van der Waals surface area contributed by atoms with Crippen molar-refractivity contribution in [1.29, 1.82) is 5.26 Å². The summed E-state index contributed by atoms with van der Waals surface area (Å²) in [7, 11) is -3.84. The van der Waals surface area contributed by atoms with Crippen molar-refractivity contribution >= 4 is 15.9 Å². The Bertz CT molecular complexity index is 962. The molecular weight excluding hydrogens is 350 g/mol. The third-order valence-electron chi connectivity index (χ3n) is 4.53. The molecule has 0 bridgehead atoms. The van der Waals surface area contributed by atoms with Gasteiger partial charge in [0.05, 0.1) is 16.9 Å². The van der Waals surface area contributed by atoms with Crippen molar-refractivity contribution in [2.24, 2.45) is 11.1 Å². The van der Waals surface area contributed by atoms with Gasteiger partial charge in [-0.15, -0.1) is 0 Å². The molecule has 1 aliphatic rings. The zero-order chi connectivity index (χ0) is 18.7. The Morgan fingerprint density at radius 2 is 1.85 bits per heavy atom. The highest BCUT2D eigenvalue weighted by molar-refractivity contribution is 7.89. The van der Waals surface area contributed by atoms with Gasteiger partial charge < -0.3 is 4.90 Å². The Hall–Kier alpha value is -2.69. The van der Waals surface area contributed by atoms with Crippen molar-refractivity contribution < 1.29 is 13.2 Å². The first kappa shape index (κ1) is 18.1. The molecule has 0 saturated carbocycles. The predicted octanol–water partition coefficient (Wildman–Crippen LogP) is 2.38. The Morgan fingerprint density at radius 1 is 1.15 bits per heavy atom. The molecule has 134 valence electrons. The summed E-state index contributed by atoms with van der Waals surface area (Å²) < 4.78 is 23.5. The number of hydrogen-bond acceptors (Lipinski definition) is 4. The number of nitrogens with two attached hydrogens (primary N) is 1. The standard InChI is InChI=1S/C19H19N3O3S/c20-12-14-4-3-11-22(13-14)19(23)16-9-7-15(8-10-16)17-5-1-2-6-18(17)26(21,24)25/h1-2,5-10,14H,3-4,11,13H2,(H2,21,24,25)/t14-/m0/s1. The van der Waals surface area contributed by atoms with Gasteiger partial charge in [-0.3, -0.25) is 4.79 Å². The lowest BCUT2D eigenvalue weighted by Gasteiger charge is -2.29. The summed E-state index contributed by atoms with van der Waals surface area (Å²) in [4.78, 5) is 14.4. The van der Waals surface area contributed by atoms with E-state index in [9.17, 15) is 13.2 Å². The fourth-order valence-corrected chi connectivity index (χ4v) is 3.96. The maximum absolute atomic E-state index is 12.6. The highest BCUT2D eigenvalue weighted by Gasteiger charge is 2.24. The monoisotopic (exact) mass is 369 g/mol. The molecule has 2 N–H and O–H groups in total. The summed E-state index contributed by atoms with van der Waals surface area (Å²) in [6, 6.07) is 15.5. The van der Waals surface area contributed by atoms with Crippen LogP contribution in [0, 0.1) is 17.2 Å². The third-order valence-corrected chi connectivity index (χ3v) is 5.50.